The van der Waals surface area contributed by atoms with Crippen LogP contribution in [0, 0.1) is 0 Å². The van der Waals surface area contributed by atoms with Gasteiger partial charge in [0.2, 0.25) is 5.91 Å². The van der Waals surface area contributed by atoms with Crippen LogP contribution in [-0.2, 0) is 4.79 Å². The molecule has 0 aromatic carbocycles. The van der Waals surface area contributed by atoms with Gasteiger partial charge in [-0.05, 0) is 12.8 Å². The maximum atomic E-state index is 11.9. The summed E-state index contributed by atoms with van der Waals surface area (Å²) >= 11 is 0. The van der Waals surface area contributed by atoms with Crippen LogP contribution in [0.15, 0.2) is 0 Å². The van der Waals surface area contributed by atoms with Gasteiger partial charge in [0.15, 0.2) is 0 Å². The van der Waals surface area contributed by atoms with Crippen LogP contribution in [0.2, 0.25) is 0 Å². The lowest BCUT2D eigenvalue weighted by atomic mass is 9.99. The van der Waals surface area contributed by atoms with Gasteiger partial charge in [0.1, 0.15) is 0 Å². The summed E-state index contributed by atoms with van der Waals surface area (Å²) in [5, 5.41) is 2.66. The first-order valence-corrected chi connectivity index (χ1v) is 9.30. The molecule has 128 valence electrons. The average molecular weight is 310 g/mol. The molecule has 0 unspecified atom stereocenters. The second-order valence-electron chi connectivity index (χ2n) is 6.48. The first kappa shape index (κ1) is 19.0. The van der Waals surface area contributed by atoms with Crippen LogP contribution in [0.5, 0.6) is 0 Å². The number of carbonyl (C=O) groups is 2. The average Bonchev–Trinajstić information content (AvgIpc) is 2.84. The minimum atomic E-state index is -0.183. The summed E-state index contributed by atoms with van der Waals surface area (Å²) < 4.78 is 0. The number of hydrogen-bond acceptors (Lipinski definition) is 2. The molecule has 1 fully saturated rings. The normalized spacial score (nSPS) is 15.0. The minimum Gasteiger partial charge on any atom is -0.329 e. The largest absolute Gasteiger partial charge is 0.329 e. The maximum Gasteiger partial charge on any atom is 0.324 e. The molecule has 3 amide bonds. The number of carbonyl (C=O) groups excluding carboxylic acids is 2. The number of rotatable bonds is 13. The highest BCUT2D eigenvalue weighted by Crippen LogP contribution is 2.20. The summed E-state index contributed by atoms with van der Waals surface area (Å²) in [7, 11) is 0. The summed E-state index contributed by atoms with van der Waals surface area (Å²) in [6.45, 7) is 4.61. The van der Waals surface area contributed by atoms with Gasteiger partial charge >= 0.3 is 6.03 Å². The smallest absolute Gasteiger partial charge is 0.324 e. The van der Waals surface area contributed by atoms with E-state index in [2.05, 4.69) is 19.2 Å². The van der Waals surface area contributed by atoms with Gasteiger partial charge in [-0.25, -0.2) is 4.79 Å². The van der Waals surface area contributed by atoms with Crippen molar-refractivity contribution in [3.63, 3.8) is 0 Å². The molecule has 1 aliphatic rings. The zero-order chi connectivity index (χ0) is 16.2. The third-order valence-corrected chi connectivity index (χ3v) is 4.53. The van der Waals surface area contributed by atoms with Crippen LogP contribution >= 0.6 is 0 Å². The second kappa shape index (κ2) is 11.5. The number of unbranched alkanes of at least 4 members (excludes halogenated alkanes) is 8. The van der Waals surface area contributed by atoms with E-state index in [0.29, 0.717) is 0 Å². The van der Waals surface area contributed by atoms with Crippen LogP contribution in [0.25, 0.3) is 0 Å². The molecule has 22 heavy (non-hydrogen) atoms. The highest BCUT2D eigenvalue weighted by atomic mass is 16.2. The van der Waals surface area contributed by atoms with Crippen LogP contribution in [0.1, 0.15) is 90.9 Å². The van der Waals surface area contributed by atoms with Crippen LogP contribution < -0.4 is 5.32 Å². The van der Waals surface area contributed by atoms with Crippen molar-refractivity contribution in [2.24, 2.45) is 0 Å². The third-order valence-electron chi connectivity index (χ3n) is 4.53. The fraction of sp³-hybridized carbons (Fsp3) is 0.889. The van der Waals surface area contributed by atoms with E-state index < -0.39 is 0 Å². The molecule has 0 spiro atoms. The van der Waals surface area contributed by atoms with Crippen molar-refractivity contribution in [2.75, 3.05) is 6.54 Å². The van der Waals surface area contributed by atoms with E-state index in [1.807, 2.05) is 0 Å². The highest BCUT2D eigenvalue weighted by molar-refractivity contribution is 6.02. The molecule has 0 aromatic rings. The number of nitrogens with one attached hydrogen (secondary N) is 1. The van der Waals surface area contributed by atoms with Gasteiger partial charge < -0.3 is 5.32 Å². The zero-order valence-corrected chi connectivity index (χ0v) is 14.5. The first-order chi connectivity index (χ1) is 10.7. The van der Waals surface area contributed by atoms with Crippen LogP contribution in [0.3, 0.4) is 0 Å². The van der Waals surface area contributed by atoms with E-state index in [-0.39, 0.29) is 24.5 Å². The molecule has 1 rings (SSSR count). The molecule has 4 heteroatoms. The maximum absolute atomic E-state index is 11.9. The molecule has 1 saturated heterocycles. The van der Waals surface area contributed by atoms with Crippen molar-refractivity contribution < 1.29 is 9.59 Å². The Morgan fingerprint density at radius 1 is 0.864 bits per heavy atom. The summed E-state index contributed by atoms with van der Waals surface area (Å²) in [6, 6.07) is -0.0737. The van der Waals surface area contributed by atoms with E-state index in [9.17, 15) is 9.59 Å². The molecule has 0 bridgehead atoms. The minimum absolute atomic E-state index is 0.0443. The number of imide groups is 1. The van der Waals surface area contributed by atoms with Crippen molar-refractivity contribution in [3.8, 4) is 0 Å². The molecular weight excluding hydrogens is 276 g/mol. The Morgan fingerprint density at radius 2 is 1.36 bits per heavy atom. The van der Waals surface area contributed by atoms with Crippen molar-refractivity contribution >= 4 is 11.9 Å². The van der Waals surface area contributed by atoms with Gasteiger partial charge in [0.05, 0.1) is 6.54 Å². The molecule has 4 nitrogen and oxygen atoms in total. The third kappa shape index (κ3) is 6.80. The van der Waals surface area contributed by atoms with Crippen LogP contribution in [0.4, 0.5) is 4.79 Å². The van der Waals surface area contributed by atoms with E-state index >= 15 is 0 Å². The Hall–Kier alpha value is -1.06. The second-order valence-corrected chi connectivity index (χ2v) is 6.48. The molecule has 0 atom stereocenters. The SMILES string of the molecule is CCCCCCCC(CCCCCCC)N1C(=O)CNC1=O. The lowest BCUT2D eigenvalue weighted by Crippen LogP contribution is -2.40. The Kier molecular flexibility index (Phi) is 9.93. The molecule has 0 aromatic heterocycles. The Labute approximate surface area is 136 Å². The number of hydrogen-bond donors (Lipinski definition) is 1. The predicted molar refractivity (Wildman–Crippen MR) is 90.8 cm³/mol. The van der Waals surface area contributed by atoms with Crippen molar-refractivity contribution in [3.05, 3.63) is 0 Å². The van der Waals surface area contributed by atoms with Gasteiger partial charge in [-0.2, -0.15) is 0 Å². The van der Waals surface area contributed by atoms with Crippen molar-refractivity contribution in [2.45, 2.75) is 96.9 Å². The Balaban J connectivity index is 2.38. The Morgan fingerprint density at radius 3 is 1.77 bits per heavy atom. The summed E-state index contributed by atoms with van der Waals surface area (Å²) in [5.74, 6) is -0.0443. The fourth-order valence-corrected chi connectivity index (χ4v) is 3.17. The molecule has 1 N–H and O–H groups in total. The fourth-order valence-electron chi connectivity index (χ4n) is 3.17. The molecular formula is C18H34N2O2. The van der Waals surface area contributed by atoms with E-state index in [4.69, 9.17) is 0 Å². The lowest BCUT2D eigenvalue weighted by molar-refractivity contribution is -0.126. The number of amides is 3. The van der Waals surface area contributed by atoms with Crippen LogP contribution in [-0.4, -0.2) is 29.4 Å². The monoisotopic (exact) mass is 310 g/mol. The first-order valence-electron chi connectivity index (χ1n) is 9.30. The van der Waals surface area contributed by atoms with Crippen molar-refractivity contribution in [1.29, 1.82) is 0 Å². The molecule has 0 saturated carbocycles. The predicted octanol–water partition coefficient (Wildman–Crippen LogP) is 4.63. The van der Waals surface area contributed by atoms with Crippen molar-refractivity contribution in [1.82, 2.24) is 10.2 Å². The summed E-state index contributed by atoms with van der Waals surface area (Å²) in [4.78, 5) is 25.3. The van der Waals surface area contributed by atoms with Gasteiger partial charge in [0, 0.05) is 6.04 Å². The standard InChI is InChI=1S/C18H34N2O2/c1-3-5-7-9-11-13-16(14-12-10-8-6-4-2)20-17(21)15-19-18(20)22/h16H,3-15H2,1-2H3,(H,19,22). The number of urea groups is 1. The summed E-state index contributed by atoms with van der Waals surface area (Å²) in [6.07, 6.45) is 14.2. The molecule has 1 aliphatic heterocycles. The lowest BCUT2D eigenvalue weighted by Gasteiger charge is -2.25. The summed E-state index contributed by atoms with van der Waals surface area (Å²) in [5.41, 5.74) is 0. The van der Waals surface area contributed by atoms with E-state index in [1.165, 1.54) is 56.3 Å². The van der Waals surface area contributed by atoms with E-state index in [1.54, 1.807) is 0 Å². The van der Waals surface area contributed by atoms with Gasteiger partial charge in [0.25, 0.3) is 0 Å². The van der Waals surface area contributed by atoms with Gasteiger partial charge in [-0.15, -0.1) is 0 Å². The quantitative estimate of drug-likeness (QED) is 0.398. The molecule has 0 aliphatic carbocycles. The van der Waals surface area contributed by atoms with Gasteiger partial charge in [-0.1, -0.05) is 78.1 Å². The Bertz CT molecular complexity index is 301. The zero-order valence-electron chi connectivity index (χ0n) is 14.5. The van der Waals surface area contributed by atoms with E-state index in [0.717, 1.165) is 25.7 Å². The molecule has 1 heterocycles. The topological polar surface area (TPSA) is 49.4 Å². The highest BCUT2D eigenvalue weighted by Gasteiger charge is 2.34. The molecule has 0 radical (unpaired) electrons. The number of nitrogens with zero attached hydrogens (tertiary/aromatic N) is 1. The van der Waals surface area contributed by atoms with Gasteiger partial charge in [-0.3, -0.25) is 9.69 Å².